The molecule has 227 valence electrons. The molecular weight excluding hydrogens is 745 g/mol. The molecule has 8 rings (SSSR count). The normalized spacial score (nSPS) is 10.9. The van der Waals surface area contributed by atoms with Crippen LogP contribution in [0.5, 0.6) is 0 Å². The van der Waals surface area contributed by atoms with Crippen LogP contribution >= 0.6 is 0 Å². The molecule has 0 aliphatic carbocycles. The molecule has 0 aliphatic rings. The van der Waals surface area contributed by atoms with Gasteiger partial charge in [-0.25, -0.2) is 4.98 Å². The number of hydrogen-bond acceptors (Lipinski definition) is 5. The van der Waals surface area contributed by atoms with Crippen molar-refractivity contribution in [2.24, 2.45) is 0 Å². The van der Waals surface area contributed by atoms with E-state index in [2.05, 4.69) is 77.3 Å². The fourth-order valence-corrected chi connectivity index (χ4v) is 5.55. The van der Waals surface area contributed by atoms with Crippen molar-refractivity contribution in [3.8, 4) is 33.6 Å². The Hall–Kier alpha value is -5.03. The van der Waals surface area contributed by atoms with Crippen molar-refractivity contribution in [2.45, 2.75) is 27.7 Å². The fraction of sp³-hybridized carbons (Fsp3) is 0.100. The van der Waals surface area contributed by atoms with Crippen LogP contribution < -0.4 is 0 Å². The van der Waals surface area contributed by atoms with E-state index in [9.17, 15) is 0 Å². The Labute approximate surface area is 281 Å². The van der Waals surface area contributed by atoms with Crippen molar-refractivity contribution in [1.29, 1.82) is 0 Å². The first-order chi connectivity index (χ1) is 21.9. The third-order valence-electron chi connectivity index (χ3n) is 7.93. The molecule has 0 bridgehead atoms. The molecule has 5 heterocycles. The van der Waals surface area contributed by atoms with E-state index in [0.29, 0.717) is 5.71 Å². The SMILES string of the molecule is Cc1ccc(-c2[c-]cccc2)nc1.Cc1ccc2c(n1)oc1c(-c3cc(-c4cc5cccnc5cc4C)c(C)cn3)[c-]ccc12.[Ir]. The maximum absolute atomic E-state index is 6.19. The fourth-order valence-electron chi connectivity index (χ4n) is 5.55. The summed E-state index contributed by atoms with van der Waals surface area (Å²) in [5, 5.41) is 3.16. The number of pyridine rings is 4. The van der Waals surface area contributed by atoms with E-state index < -0.39 is 0 Å². The summed E-state index contributed by atoms with van der Waals surface area (Å²) >= 11 is 0. The number of aryl methyl sites for hydroxylation is 4. The van der Waals surface area contributed by atoms with Crippen LogP contribution in [-0.2, 0) is 20.1 Å². The van der Waals surface area contributed by atoms with E-state index >= 15 is 0 Å². The van der Waals surface area contributed by atoms with E-state index in [-0.39, 0.29) is 20.1 Å². The van der Waals surface area contributed by atoms with Crippen LogP contribution in [0.25, 0.3) is 66.6 Å². The molecule has 0 atom stereocenters. The summed E-state index contributed by atoms with van der Waals surface area (Å²) in [6.07, 6.45) is 5.63. The largest absolute Gasteiger partial charge is 0.486 e. The third-order valence-corrected chi connectivity index (χ3v) is 7.93. The summed E-state index contributed by atoms with van der Waals surface area (Å²) in [5.41, 5.74) is 12.9. The van der Waals surface area contributed by atoms with Gasteiger partial charge in [-0.1, -0.05) is 35.2 Å². The standard InChI is InChI=1S/C28H20N3O.C12H10N.Ir/c1-16-12-25-19(6-5-11-29-25)13-23(16)24-14-26(30-15-17(24)2)22-8-4-7-20-21-10-9-18(3)31-28(21)32-27(20)22;1-10-7-8-12(13-9-10)11-5-3-2-4-6-11;/h4-7,9-15H,1-3H3;2-5,7-9H,1H3;/q2*-1;. The molecule has 0 amide bonds. The number of fused-ring (bicyclic) bond motifs is 4. The molecule has 0 fully saturated rings. The Balaban J connectivity index is 0.000000223. The smallest absolute Gasteiger partial charge is 0.216 e. The third kappa shape index (κ3) is 6.10. The first kappa shape index (κ1) is 31.0. The second-order valence-electron chi connectivity index (χ2n) is 11.2. The minimum absolute atomic E-state index is 0. The quantitative estimate of drug-likeness (QED) is 0.167. The molecule has 1 radical (unpaired) electrons. The van der Waals surface area contributed by atoms with Crippen LogP contribution in [0.2, 0.25) is 0 Å². The summed E-state index contributed by atoms with van der Waals surface area (Å²) < 4.78 is 6.19. The zero-order chi connectivity index (χ0) is 30.9. The minimum Gasteiger partial charge on any atom is -0.486 e. The van der Waals surface area contributed by atoms with Gasteiger partial charge < -0.3 is 14.4 Å². The molecule has 6 heteroatoms. The van der Waals surface area contributed by atoms with Gasteiger partial charge in [-0.15, -0.1) is 54.1 Å². The van der Waals surface area contributed by atoms with Crippen molar-refractivity contribution >= 4 is 33.0 Å². The number of aromatic nitrogens is 4. The Morgan fingerprint density at radius 1 is 0.652 bits per heavy atom. The molecule has 3 aromatic carbocycles. The average molecular weight is 775 g/mol. The summed E-state index contributed by atoms with van der Waals surface area (Å²) in [6.45, 7) is 8.22. The molecule has 0 unspecified atom stereocenters. The molecule has 0 N–H and O–H groups in total. The van der Waals surface area contributed by atoms with Crippen LogP contribution in [0.3, 0.4) is 0 Å². The Kier molecular flexibility index (Phi) is 8.85. The van der Waals surface area contributed by atoms with Crippen LogP contribution in [0.4, 0.5) is 0 Å². The molecular formula is C40H30IrN4O-2. The molecule has 0 saturated heterocycles. The average Bonchev–Trinajstić information content (AvgIpc) is 3.44. The minimum atomic E-state index is 0. The van der Waals surface area contributed by atoms with Crippen molar-refractivity contribution in [2.75, 3.05) is 0 Å². The van der Waals surface area contributed by atoms with Gasteiger partial charge in [0, 0.05) is 55.2 Å². The molecule has 5 nitrogen and oxygen atoms in total. The van der Waals surface area contributed by atoms with Gasteiger partial charge >= 0.3 is 0 Å². The van der Waals surface area contributed by atoms with Gasteiger partial charge in [-0.2, -0.15) is 0 Å². The maximum Gasteiger partial charge on any atom is 0.216 e. The van der Waals surface area contributed by atoms with Crippen LogP contribution in [0.1, 0.15) is 22.4 Å². The molecule has 5 aromatic heterocycles. The molecule has 0 aliphatic heterocycles. The summed E-state index contributed by atoms with van der Waals surface area (Å²) in [5.74, 6) is 0. The van der Waals surface area contributed by atoms with Crippen molar-refractivity contribution in [3.63, 3.8) is 0 Å². The van der Waals surface area contributed by atoms with Gasteiger partial charge in [-0.05, 0) is 97.2 Å². The predicted octanol–water partition coefficient (Wildman–Crippen LogP) is 9.84. The van der Waals surface area contributed by atoms with Gasteiger partial charge in [-0.3, -0.25) is 4.98 Å². The first-order valence-electron chi connectivity index (χ1n) is 14.9. The second kappa shape index (κ2) is 13.1. The van der Waals surface area contributed by atoms with Crippen LogP contribution in [0, 0.1) is 39.8 Å². The number of hydrogen-bond donors (Lipinski definition) is 0. The Morgan fingerprint density at radius 3 is 2.30 bits per heavy atom. The summed E-state index contributed by atoms with van der Waals surface area (Å²) in [4.78, 5) is 18.1. The van der Waals surface area contributed by atoms with Crippen LogP contribution in [-0.4, -0.2) is 19.9 Å². The van der Waals surface area contributed by atoms with Crippen LogP contribution in [0.15, 0.2) is 114 Å². The molecule has 46 heavy (non-hydrogen) atoms. The number of rotatable bonds is 3. The number of nitrogens with zero attached hydrogens (tertiary/aromatic N) is 4. The Morgan fingerprint density at radius 2 is 1.50 bits per heavy atom. The van der Waals surface area contributed by atoms with Gasteiger partial charge in [0.05, 0.1) is 11.1 Å². The van der Waals surface area contributed by atoms with Gasteiger partial charge in [0.25, 0.3) is 0 Å². The number of benzene rings is 3. The van der Waals surface area contributed by atoms with Crippen molar-refractivity contribution in [1.82, 2.24) is 19.9 Å². The molecule has 0 saturated carbocycles. The van der Waals surface area contributed by atoms with Gasteiger partial charge in [0.2, 0.25) is 5.71 Å². The van der Waals surface area contributed by atoms with Crippen molar-refractivity contribution < 1.29 is 24.5 Å². The van der Waals surface area contributed by atoms with E-state index in [1.54, 1.807) is 0 Å². The molecule has 8 aromatic rings. The number of furan rings is 1. The van der Waals surface area contributed by atoms with E-state index in [1.807, 2.05) is 87.0 Å². The topological polar surface area (TPSA) is 64.7 Å². The second-order valence-corrected chi connectivity index (χ2v) is 11.2. The van der Waals surface area contributed by atoms with Gasteiger partial charge in [0.15, 0.2) is 0 Å². The first-order valence-corrected chi connectivity index (χ1v) is 14.9. The monoisotopic (exact) mass is 775 g/mol. The van der Waals surface area contributed by atoms with Gasteiger partial charge in [0.1, 0.15) is 0 Å². The summed E-state index contributed by atoms with van der Waals surface area (Å²) in [7, 11) is 0. The summed E-state index contributed by atoms with van der Waals surface area (Å²) in [6, 6.07) is 37.0. The predicted molar refractivity (Wildman–Crippen MR) is 182 cm³/mol. The zero-order valence-electron chi connectivity index (χ0n) is 25.9. The van der Waals surface area contributed by atoms with E-state index in [4.69, 9.17) is 9.40 Å². The zero-order valence-corrected chi connectivity index (χ0v) is 28.3. The van der Waals surface area contributed by atoms with Crippen molar-refractivity contribution in [3.05, 3.63) is 144 Å². The van der Waals surface area contributed by atoms with E-state index in [1.165, 1.54) is 16.7 Å². The molecule has 0 spiro atoms. The van der Waals surface area contributed by atoms with E-state index in [0.717, 1.165) is 66.6 Å². The maximum atomic E-state index is 6.19. The Bertz CT molecular complexity index is 2310.